The van der Waals surface area contributed by atoms with Crippen LogP contribution in [0.4, 0.5) is 4.39 Å². The summed E-state index contributed by atoms with van der Waals surface area (Å²) in [5.74, 6) is -0.0951. The first-order chi connectivity index (χ1) is 15.1. The largest absolute Gasteiger partial charge is 0.465 e. The smallest absolute Gasteiger partial charge is 0.324 e. The maximum absolute atomic E-state index is 13.7. The number of ether oxygens (including phenoxy) is 1. The van der Waals surface area contributed by atoms with Gasteiger partial charge in [0.15, 0.2) is 0 Å². The summed E-state index contributed by atoms with van der Waals surface area (Å²) in [6, 6.07) is 9.86. The van der Waals surface area contributed by atoms with E-state index >= 15 is 0 Å². The van der Waals surface area contributed by atoms with Gasteiger partial charge in [-0.05, 0) is 62.1 Å². The fourth-order valence-corrected chi connectivity index (χ4v) is 4.73. The van der Waals surface area contributed by atoms with Crippen LogP contribution in [0.3, 0.4) is 0 Å². The lowest BCUT2D eigenvalue weighted by atomic mass is 10.1. The van der Waals surface area contributed by atoms with Crippen LogP contribution in [0.25, 0.3) is 11.0 Å². The van der Waals surface area contributed by atoms with Gasteiger partial charge in [-0.2, -0.15) is 4.72 Å². The predicted molar refractivity (Wildman–Crippen MR) is 120 cm³/mol. The summed E-state index contributed by atoms with van der Waals surface area (Å²) in [6.45, 7) is 7.92. The molecule has 0 amide bonds. The average Bonchev–Trinajstić information content (AvgIpc) is 3.02. The summed E-state index contributed by atoms with van der Waals surface area (Å²) in [4.78, 5) is 16.7. The molecule has 1 N–H and O–H groups in total. The Bertz CT molecular complexity index is 1200. The third-order valence-electron chi connectivity index (χ3n) is 5.05. The molecule has 0 radical (unpaired) electrons. The van der Waals surface area contributed by atoms with Crippen molar-refractivity contribution in [1.82, 2.24) is 14.3 Å². The summed E-state index contributed by atoms with van der Waals surface area (Å²) < 4.78 is 48.8. The van der Waals surface area contributed by atoms with E-state index in [2.05, 4.69) is 9.71 Å². The Morgan fingerprint density at radius 2 is 1.88 bits per heavy atom. The van der Waals surface area contributed by atoms with E-state index in [1.165, 1.54) is 24.3 Å². The van der Waals surface area contributed by atoms with Crippen molar-refractivity contribution < 1.29 is 22.3 Å². The predicted octanol–water partition coefficient (Wildman–Crippen LogP) is 3.79. The zero-order valence-electron chi connectivity index (χ0n) is 18.6. The first-order valence-electron chi connectivity index (χ1n) is 10.5. The van der Waals surface area contributed by atoms with Crippen LogP contribution in [-0.2, 0) is 26.1 Å². The van der Waals surface area contributed by atoms with Crippen molar-refractivity contribution in [2.24, 2.45) is 5.92 Å². The maximum Gasteiger partial charge on any atom is 0.324 e. The molecule has 32 heavy (non-hydrogen) atoms. The van der Waals surface area contributed by atoms with Crippen molar-refractivity contribution in [2.75, 3.05) is 6.61 Å². The fraction of sp³-hybridized carbons (Fsp3) is 0.391. The maximum atomic E-state index is 13.7. The van der Waals surface area contributed by atoms with Crippen molar-refractivity contribution in [3.05, 3.63) is 59.7 Å². The number of rotatable bonds is 9. The number of carbonyl (C=O) groups excluding carboxylic acids is 1. The zero-order valence-corrected chi connectivity index (χ0v) is 19.4. The van der Waals surface area contributed by atoms with Crippen LogP contribution < -0.4 is 4.72 Å². The number of nitrogens with one attached hydrogen (secondary N) is 1. The first kappa shape index (κ1) is 23.9. The second-order valence-electron chi connectivity index (χ2n) is 8.08. The van der Waals surface area contributed by atoms with Crippen molar-refractivity contribution in [3.63, 3.8) is 0 Å². The number of carbonyl (C=O) groups is 1. The number of hydrogen-bond acceptors (Lipinski definition) is 5. The average molecular weight is 462 g/mol. The Kier molecular flexibility index (Phi) is 7.30. The number of nitrogens with zero attached hydrogens (tertiary/aromatic N) is 2. The van der Waals surface area contributed by atoms with E-state index in [0.717, 1.165) is 11.4 Å². The molecule has 0 spiro atoms. The molecule has 1 heterocycles. The molecule has 7 nitrogen and oxygen atoms in total. The summed E-state index contributed by atoms with van der Waals surface area (Å²) >= 11 is 0. The molecule has 0 aliphatic rings. The van der Waals surface area contributed by atoms with Crippen LogP contribution >= 0.6 is 0 Å². The molecule has 172 valence electrons. The monoisotopic (exact) mass is 461 g/mol. The van der Waals surface area contributed by atoms with Gasteiger partial charge in [-0.1, -0.05) is 26.0 Å². The number of esters is 1. The number of aromatic nitrogens is 2. The number of hydrogen-bond donors (Lipinski definition) is 1. The zero-order chi connectivity index (χ0) is 23.5. The van der Waals surface area contributed by atoms with Crippen LogP contribution in [0.5, 0.6) is 0 Å². The molecule has 1 atom stereocenters. The highest BCUT2D eigenvalue weighted by molar-refractivity contribution is 7.89. The molecule has 3 aromatic rings. The highest BCUT2D eigenvalue weighted by Crippen LogP contribution is 2.20. The fourth-order valence-electron chi connectivity index (χ4n) is 3.53. The molecule has 9 heteroatoms. The van der Waals surface area contributed by atoms with Gasteiger partial charge in [0.25, 0.3) is 0 Å². The molecule has 2 aromatic carbocycles. The van der Waals surface area contributed by atoms with Crippen LogP contribution in [0.15, 0.2) is 47.4 Å². The third kappa shape index (κ3) is 5.52. The SMILES string of the molecule is CCOC(=O)[C@H](CC(C)C)NS(=O)(=O)c1ccc(Cn2c(C)nc3ccc(F)cc32)cc1. The van der Waals surface area contributed by atoms with E-state index in [1.807, 2.05) is 25.3 Å². The number of imidazole rings is 1. The lowest BCUT2D eigenvalue weighted by Gasteiger charge is -2.19. The molecule has 0 fully saturated rings. The Morgan fingerprint density at radius 1 is 1.19 bits per heavy atom. The molecular formula is C23H28FN3O4S. The second kappa shape index (κ2) is 9.79. The van der Waals surface area contributed by atoms with Gasteiger partial charge in [0, 0.05) is 6.54 Å². The van der Waals surface area contributed by atoms with Gasteiger partial charge in [0.1, 0.15) is 17.7 Å². The standard InChI is InChI=1S/C23H28FN3O4S/c1-5-31-23(28)21(12-15(2)3)26-32(29,30)19-9-6-17(7-10-19)14-27-16(4)25-20-11-8-18(24)13-22(20)27/h6-11,13,15,21,26H,5,12,14H2,1-4H3/t21-/m0/s1. The van der Waals surface area contributed by atoms with Gasteiger partial charge >= 0.3 is 5.97 Å². The number of fused-ring (bicyclic) bond motifs is 1. The summed E-state index contributed by atoms with van der Waals surface area (Å²) in [7, 11) is -3.92. The number of sulfonamides is 1. The Morgan fingerprint density at radius 3 is 2.50 bits per heavy atom. The quantitative estimate of drug-likeness (QED) is 0.490. The topological polar surface area (TPSA) is 90.3 Å². The number of benzene rings is 2. The minimum atomic E-state index is -3.92. The van der Waals surface area contributed by atoms with E-state index in [9.17, 15) is 17.6 Å². The van der Waals surface area contributed by atoms with Gasteiger partial charge < -0.3 is 9.30 Å². The van der Waals surface area contributed by atoms with Crippen LogP contribution in [0.1, 0.15) is 38.6 Å². The van der Waals surface area contributed by atoms with Crippen LogP contribution in [-0.4, -0.2) is 36.6 Å². The van der Waals surface area contributed by atoms with Gasteiger partial charge in [0.2, 0.25) is 10.0 Å². The van der Waals surface area contributed by atoms with Gasteiger partial charge in [0.05, 0.1) is 22.5 Å². The van der Waals surface area contributed by atoms with Crippen molar-refractivity contribution >= 4 is 27.0 Å². The first-order valence-corrected chi connectivity index (χ1v) is 12.0. The second-order valence-corrected chi connectivity index (χ2v) is 9.79. The third-order valence-corrected chi connectivity index (χ3v) is 6.54. The molecule has 0 saturated heterocycles. The Hall–Kier alpha value is -2.78. The molecule has 0 saturated carbocycles. The van der Waals surface area contributed by atoms with Crippen molar-refractivity contribution in [1.29, 1.82) is 0 Å². The molecular weight excluding hydrogens is 433 g/mol. The van der Waals surface area contributed by atoms with E-state index in [0.29, 0.717) is 24.0 Å². The normalized spacial score (nSPS) is 12.9. The van der Waals surface area contributed by atoms with Crippen LogP contribution in [0, 0.1) is 18.7 Å². The number of aryl methyl sites for hydroxylation is 1. The van der Waals surface area contributed by atoms with E-state index in [-0.39, 0.29) is 23.2 Å². The Labute approximate surface area is 187 Å². The summed E-state index contributed by atoms with van der Waals surface area (Å²) in [6.07, 6.45) is 0.333. The van der Waals surface area contributed by atoms with Gasteiger partial charge in [-0.25, -0.2) is 17.8 Å². The minimum absolute atomic E-state index is 0.0533. The minimum Gasteiger partial charge on any atom is -0.465 e. The molecule has 0 aliphatic heterocycles. The molecule has 1 aromatic heterocycles. The van der Waals surface area contributed by atoms with Gasteiger partial charge in [-0.15, -0.1) is 0 Å². The molecule has 0 aliphatic carbocycles. The van der Waals surface area contributed by atoms with Gasteiger partial charge in [-0.3, -0.25) is 4.79 Å². The molecule has 3 rings (SSSR count). The lowest BCUT2D eigenvalue weighted by Crippen LogP contribution is -2.42. The van der Waals surface area contributed by atoms with E-state index in [4.69, 9.17) is 4.74 Å². The lowest BCUT2D eigenvalue weighted by molar-refractivity contribution is -0.145. The Balaban J connectivity index is 1.80. The molecule has 0 unspecified atom stereocenters. The highest BCUT2D eigenvalue weighted by atomic mass is 32.2. The van der Waals surface area contributed by atoms with Crippen molar-refractivity contribution in [2.45, 2.75) is 51.6 Å². The summed E-state index contributed by atoms with van der Waals surface area (Å²) in [5.41, 5.74) is 2.20. The van der Waals surface area contributed by atoms with Crippen LogP contribution in [0.2, 0.25) is 0 Å². The summed E-state index contributed by atoms with van der Waals surface area (Å²) in [5, 5.41) is 0. The molecule has 0 bridgehead atoms. The van der Waals surface area contributed by atoms with Crippen molar-refractivity contribution in [3.8, 4) is 0 Å². The van der Waals surface area contributed by atoms with E-state index in [1.54, 1.807) is 25.1 Å². The number of halogens is 1. The highest BCUT2D eigenvalue weighted by Gasteiger charge is 2.27. The van der Waals surface area contributed by atoms with E-state index < -0.39 is 22.0 Å².